The average Bonchev–Trinajstić information content (AvgIpc) is 2.65. The smallest absolute Gasteiger partial charge is 0.156 e. The summed E-state index contributed by atoms with van der Waals surface area (Å²) < 4.78 is 23.1. The quantitative estimate of drug-likeness (QED) is 0.838. The molecule has 1 aliphatic rings. The SMILES string of the molecule is CC(C)Nc1n[nH]c2c1CCC2S(C)(=O)=O. The fourth-order valence-corrected chi connectivity index (χ4v) is 3.31. The van der Waals surface area contributed by atoms with Crippen LogP contribution < -0.4 is 5.32 Å². The number of rotatable bonds is 3. The van der Waals surface area contributed by atoms with Gasteiger partial charge in [-0.25, -0.2) is 8.42 Å². The summed E-state index contributed by atoms with van der Waals surface area (Å²) in [7, 11) is -3.03. The van der Waals surface area contributed by atoms with Crippen LogP contribution in [0.25, 0.3) is 0 Å². The maximum Gasteiger partial charge on any atom is 0.156 e. The number of sulfone groups is 1. The molecule has 90 valence electrons. The Morgan fingerprint density at radius 3 is 2.75 bits per heavy atom. The Balaban J connectivity index is 2.34. The first-order chi connectivity index (χ1) is 7.39. The lowest BCUT2D eigenvalue weighted by atomic mass is 10.2. The lowest BCUT2D eigenvalue weighted by molar-refractivity contribution is 0.585. The molecular formula is C10H17N3O2S. The van der Waals surface area contributed by atoms with Crippen molar-refractivity contribution in [2.75, 3.05) is 11.6 Å². The van der Waals surface area contributed by atoms with E-state index < -0.39 is 15.1 Å². The van der Waals surface area contributed by atoms with E-state index in [-0.39, 0.29) is 0 Å². The van der Waals surface area contributed by atoms with Crippen molar-refractivity contribution >= 4 is 15.7 Å². The van der Waals surface area contributed by atoms with E-state index in [9.17, 15) is 8.42 Å². The van der Waals surface area contributed by atoms with Crippen LogP contribution in [0.4, 0.5) is 5.82 Å². The second-order valence-corrected chi connectivity index (χ2v) is 6.85. The molecule has 0 aliphatic heterocycles. The monoisotopic (exact) mass is 243 g/mol. The topological polar surface area (TPSA) is 74.8 Å². The molecule has 0 fully saturated rings. The van der Waals surface area contributed by atoms with E-state index in [0.29, 0.717) is 12.5 Å². The zero-order chi connectivity index (χ0) is 11.9. The lowest BCUT2D eigenvalue weighted by Gasteiger charge is -2.07. The van der Waals surface area contributed by atoms with Gasteiger partial charge in [0.15, 0.2) is 15.7 Å². The van der Waals surface area contributed by atoms with E-state index in [4.69, 9.17) is 0 Å². The van der Waals surface area contributed by atoms with Gasteiger partial charge in [-0.1, -0.05) is 0 Å². The highest BCUT2D eigenvalue weighted by Gasteiger charge is 2.34. The summed E-state index contributed by atoms with van der Waals surface area (Å²) >= 11 is 0. The molecule has 1 aromatic heterocycles. The zero-order valence-corrected chi connectivity index (χ0v) is 10.6. The molecule has 1 aromatic rings. The van der Waals surface area contributed by atoms with E-state index in [2.05, 4.69) is 15.5 Å². The summed E-state index contributed by atoms with van der Waals surface area (Å²) in [6, 6.07) is 0.296. The Labute approximate surface area is 95.6 Å². The molecule has 0 saturated carbocycles. The molecule has 1 aliphatic carbocycles. The Morgan fingerprint density at radius 1 is 1.50 bits per heavy atom. The van der Waals surface area contributed by atoms with Crippen LogP contribution in [0.1, 0.15) is 36.8 Å². The van der Waals surface area contributed by atoms with Gasteiger partial charge in [-0.3, -0.25) is 5.10 Å². The Hall–Kier alpha value is -1.04. The second-order valence-electron chi connectivity index (χ2n) is 4.62. The predicted molar refractivity (Wildman–Crippen MR) is 63.3 cm³/mol. The van der Waals surface area contributed by atoms with Crippen molar-refractivity contribution in [3.63, 3.8) is 0 Å². The maximum atomic E-state index is 11.6. The van der Waals surface area contributed by atoms with Crippen molar-refractivity contribution in [1.29, 1.82) is 0 Å². The van der Waals surface area contributed by atoms with Gasteiger partial charge in [-0.2, -0.15) is 5.10 Å². The molecule has 2 rings (SSSR count). The van der Waals surface area contributed by atoms with Crippen LogP contribution in [0.2, 0.25) is 0 Å². The average molecular weight is 243 g/mol. The number of aromatic amines is 1. The van der Waals surface area contributed by atoms with Crippen molar-refractivity contribution in [1.82, 2.24) is 10.2 Å². The van der Waals surface area contributed by atoms with Crippen LogP contribution in [-0.4, -0.2) is 30.9 Å². The van der Waals surface area contributed by atoms with E-state index in [1.165, 1.54) is 6.26 Å². The summed E-state index contributed by atoms with van der Waals surface area (Å²) in [5, 5.41) is 9.81. The molecule has 0 saturated heterocycles. The molecule has 0 spiro atoms. The fraction of sp³-hybridized carbons (Fsp3) is 0.700. The first kappa shape index (κ1) is 11.4. The van der Waals surface area contributed by atoms with Crippen LogP contribution in [0, 0.1) is 0 Å². The van der Waals surface area contributed by atoms with Gasteiger partial charge < -0.3 is 5.32 Å². The van der Waals surface area contributed by atoms with E-state index in [1.807, 2.05) is 13.8 Å². The number of H-pyrrole nitrogens is 1. The molecule has 0 bridgehead atoms. The summed E-state index contributed by atoms with van der Waals surface area (Å²) in [4.78, 5) is 0. The summed E-state index contributed by atoms with van der Waals surface area (Å²) in [6.45, 7) is 4.06. The van der Waals surface area contributed by atoms with Gasteiger partial charge in [0, 0.05) is 17.9 Å². The molecule has 5 nitrogen and oxygen atoms in total. The summed E-state index contributed by atoms with van der Waals surface area (Å²) in [5.74, 6) is 0.802. The van der Waals surface area contributed by atoms with E-state index >= 15 is 0 Å². The van der Waals surface area contributed by atoms with Gasteiger partial charge in [0.25, 0.3) is 0 Å². The van der Waals surface area contributed by atoms with Crippen molar-refractivity contribution in [3.05, 3.63) is 11.3 Å². The molecule has 1 heterocycles. The maximum absolute atomic E-state index is 11.6. The number of anilines is 1. The Kier molecular flexibility index (Phi) is 2.69. The molecule has 16 heavy (non-hydrogen) atoms. The standard InChI is InChI=1S/C10H17N3O2S/c1-6(2)11-10-7-4-5-8(16(3,14)15)9(7)12-13-10/h6,8H,4-5H2,1-3H3,(H2,11,12,13). The normalized spacial score (nSPS) is 20.1. The highest BCUT2D eigenvalue weighted by Crippen LogP contribution is 2.38. The van der Waals surface area contributed by atoms with Crippen LogP contribution >= 0.6 is 0 Å². The van der Waals surface area contributed by atoms with Gasteiger partial charge in [-0.05, 0) is 26.7 Å². The molecule has 1 atom stereocenters. The largest absolute Gasteiger partial charge is 0.366 e. The van der Waals surface area contributed by atoms with Crippen LogP contribution in [0.3, 0.4) is 0 Å². The van der Waals surface area contributed by atoms with Gasteiger partial charge in [0.1, 0.15) is 5.25 Å². The number of aromatic nitrogens is 2. The first-order valence-corrected chi connectivity index (χ1v) is 7.37. The molecule has 0 aromatic carbocycles. The molecule has 6 heteroatoms. The third-order valence-electron chi connectivity index (χ3n) is 2.82. The van der Waals surface area contributed by atoms with Crippen LogP contribution in [0.5, 0.6) is 0 Å². The minimum Gasteiger partial charge on any atom is -0.366 e. The third kappa shape index (κ3) is 1.93. The van der Waals surface area contributed by atoms with E-state index in [0.717, 1.165) is 23.5 Å². The Morgan fingerprint density at radius 2 is 2.19 bits per heavy atom. The summed E-state index contributed by atoms with van der Waals surface area (Å²) in [6.07, 6.45) is 2.72. The number of hydrogen-bond donors (Lipinski definition) is 2. The van der Waals surface area contributed by atoms with Gasteiger partial charge in [0.05, 0.1) is 5.69 Å². The third-order valence-corrected chi connectivity index (χ3v) is 4.32. The van der Waals surface area contributed by atoms with Crippen LogP contribution in [0.15, 0.2) is 0 Å². The van der Waals surface area contributed by atoms with Crippen LogP contribution in [-0.2, 0) is 16.3 Å². The molecule has 1 unspecified atom stereocenters. The van der Waals surface area contributed by atoms with Crippen molar-refractivity contribution in [2.24, 2.45) is 0 Å². The minimum absolute atomic E-state index is 0.296. The van der Waals surface area contributed by atoms with Gasteiger partial charge in [-0.15, -0.1) is 0 Å². The first-order valence-electron chi connectivity index (χ1n) is 5.42. The number of hydrogen-bond acceptors (Lipinski definition) is 4. The highest BCUT2D eigenvalue weighted by molar-refractivity contribution is 7.90. The highest BCUT2D eigenvalue weighted by atomic mass is 32.2. The summed E-state index contributed by atoms with van der Waals surface area (Å²) in [5.41, 5.74) is 1.80. The second kappa shape index (κ2) is 3.76. The van der Waals surface area contributed by atoms with Crippen molar-refractivity contribution in [2.45, 2.75) is 38.0 Å². The fourth-order valence-electron chi connectivity index (χ4n) is 2.14. The minimum atomic E-state index is -3.03. The molecular weight excluding hydrogens is 226 g/mol. The predicted octanol–water partition coefficient (Wildman–Crippen LogP) is 1.26. The zero-order valence-electron chi connectivity index (χ0n) is 9.74. The molecule has 0 amide bonds. The van der Waals surface area contributed by atoms with Crippen molar-refractivity contribution < 1.29 is 8.42 Å². The molecule has 0 radical (unpaired) electrons. The number of nitrogens with zero attached hydrogens (tertiary/aromatic N) is 1. The van der Waals surface area contributed by atoms with Gasteiger partial charge in [0.2, 0.25) is 0 Å². The van der Waals surface area contributed by atoms with Crippen molar-refractivity contribution in [3.8, 4) is 0 Å². The Bertz CT molecular complexity index is 490. The van der Waals surface area contributed by atoms with Gasteiger partial charge >= 0.3 is 0 Å². The number of nitrogens with one attached hydrogen (secondary N) is 2. The number of fused-ring (bicyclic) bond motifs is 1. The molecule has 2 N–H and O–H groups in total. The lowest BCUT2D eigenvalue weighted by Crippen LogP contribution is -2.11. The van der Waals surface area contributed by atoms with E-state index in [1.54, 1.807) is 0 Å².